The van der Waals surface area contributed by atoms with E-state index >= 15 is 0 Å². The molecule has 154 valence electrons. The zero-order valence-corrected chi connectivity index (χ0v) is 18.8. The molecule has 1 heterocycles. The molecule has 0 unspecified atom stereocenters. The van der Waals surface area contributed by atoms with Crippen LogP contribution in [0, 0.1) is 0 Å². The van der Waals surface area contributed by atoms with Crippen LogP contribution in [0.3, 0.4) is 0 Å². The van der Waals surface area contributed by atoms with Gasteiger partial charge in [0.25, 0.3) is 0 Å². The van der Waals surface area contributed by atoms with Crippen LogP contribution >= 0.6 is 24.0 Å². The highest BCUT2D eigenvalue weighted by molar-refractivity contribution is 14.0. The third kappa shape index (κ3) is 9.47. The zero-order valence-electron chi connectivity index (χ0n) is 15.7. The summed E-state index contributed by atoms with van der Waals surface area (Å²) in [6, 6.07) is 5.93. The number of benzene rings is 1. The molecule has 0 bridgehead atoms. The Hall–Kier alpha value is -1.27. The van der Waals surface area contributed by atoms with E-state index in [1.165, 1.54) is 6.26 Å². The first-order valence-corrected chi connectivity index (χ1v) is 10.7. The molecular weight excluding hydrogens is 485 g/mol. The van der Waals surface area contributed by atoms with E-state index in [9.17, 15) is 8.42 Å². The van der Waals surface area contributed by atoms with Gasteiger partial charge in [-0.2, -0.15) is 0 Å². The standard InChI is InChI=1S/C17H27N3O5S.HI/c1-3-18-17(20-8-9-23-10-11-26(2,21)22)19-7-6-14-4-5-15-16(12-14)25-13-24-15;/h4-5,12H,3,6-11,13H2,1-2H3,(H2,18,19,20);1H. The van der Waals surface area contributed by atoms with Crippen molar-refractivity contribution in [2.75, 3.05) is 51.6 Å². The fourth-order valence-corrected chi connectivity index (χ4v) is 2.72. The van der Waals surface area contributed by atoms with Gasteiger partial charge in [-0.05, 0) is 31.0 Å². The van der Waals surface area contributed by atoms with Crippen molar-refractivity contribution in [1.82, 2.24) is 10.6 Å². The lowest BCUT2D eigenvalue weighted by atomic mass is 10.1. The van der Waals surface area contributed by atoms with Gasteiger partial charge in [-0.3, -0.25) is 4.99 Å². The Morgan fingerprint density at radius 3 is 2.74 bits per heavy atom. The predicted molar refractivity (Wildman–Crippen MR) is 116 cm³/mol. The summed E-state index contributed by atoms with van der Waals surface area (Å²) in [5.41, 5.74) is 1.15. The second-order valence-electron chi connectivity index (χ2n) is 5.87. The van der Waals surface area contributed by atoms with Gasteiger partial charge in [0.05, 0.1) is 25.5 Å². The topological polar surface area (TPSA) is 98.3 Å². The van der Waals surface area contributed by atoms with Gasteiger partial charge < -0.3 is 24.8 Å². The highest BCUT2D eigenvalue weighted by atomic mass is 127. The Morgan fingerprint density at radius 2 is 2.00 bits per heavy atom. The lowest BCUT2D eigenvalue weighted by Gasteiger charge is -2.11. The average molecular weight is 513 g/mol. The van der Waals surface area contributed by atoms with Gasteiger partial charge in [0.15, 0.2) is 17.5 Å². The average Bonchev–Trinajstić information content (AvgIpc) is 3.04. The molecule has 8 nitrogen and oxygen atoms in total. The Bertz CT molecular complexity index is 713. The number of sulfone groups is 1. The van der Waals surface area contributed by atoms with E-state index in [4.69, 9.17) is 14.2 Å². The van der Waals surface area contributed by atoms with Gasteiger partial charge in [0.1, 0.15) is 9.84 Å². The molecule has 1 aliphatic rings. The number of nitrogens with one attached hydrogen (secondary N) is 2. The minimum atomic E-state index is -2.98. The molecule has 0 amide bonds. The lowest BCUT2D eigenvalue weighted by Crippen LogP contribution is -2.38. The summed E-state index contributed by atoms with van der Waals surface area (Å²) >= 11 is 0. The first-order chi connectivity index (χ1) is 12.5. The molecule has 27 heavy (non-hydrogen) atoms. The number of nitrogens with zero attached hydrogens (tertiary/aromatic N) is 1. The van der Waals surface area contributed by atoms with Gasteiger partial charge in [0.2, 0.25) is 6.79 Å². The number of halogens is 1. The van der Waals surface area contributed by atoms with Crippen LogP contribution in [0.25, 0.3) is 0 Å². The van der Waals surface area contributed by atoms with E-state index < -0.39 is 9.84 Å². The quantitative estimate of drug-likeness (QED) is 0.210. The molecule has 1 aliphatic heterocycles. The van der Waals surface area contributed by atoms with Crippen LogP contribution in [-0.2, 0) is 21.0 Å². The lowest BCUT2D eigenvalue weighted by molar-refractivity contribution is 0.157. The largest absolute Gasteiger partial charge is 0.454 e. The summed E-state index contributed by atoms with van der Waals surface area (Å²) in [5, 5.41) is 6.44. The number of hydrogen-bond donors (Lipinski definition) is 2. The smallest absolute Gasteiger partial charge is 0.231 e. The van der Waals surface area contributed by atoms with Gasteiger partial charge >= 0.3 is 0 Å². The van der Waals surface area contributed by atoms with Crippen LogP contribution in [0.1, 0.15) is 12.5 Å². The highest BCUT2D eigenvalue weighted by Crippen LogP contribution is 2.32. The Labute approximate surface area is 178 Å². The molecule has 0 atom stereocenters. The van der Waals surface area contributed by atoms with Gasteiger partial charge in [-0.25, -0.2) is 8.42 Å². The van der Waals surface area contributed by atoms with Crippen molar-refractivity contribution in [3.8, 4) is 11.5 Å². The number of hydrogen-bond acceptors (Lipinski definition) is 6. The normalized spacial score (nSPS) is 13.2. The monoisotopic (exact) mass is 513 g/mol. The number of rotatable bonds is 10. The third-order valence-corrected chi connectivity index (χ3v) is 4.50. The zero-order chi connectivity index (χ0) is 18.8. The summed E-state index contributed by atoms with van der Waals surface area (Å²) in [6.07, 6.45) is 2.02. The molecule has 0 fully saturated rings. The van der Waals surface area contributed by atoms with Crippen LogP contribution in [-0.4, -0.2) is 66.0 Å². The third-order valence-electron chi connectivity index (χ3n) is 3.59. The maximum atomic E-state index is 11.0. The summed E-state index contributed by atoms with van der Waals surface area (Å²) in [6.45, 7) is 4.79. The molecule has 0 aliphatic carbocycles. The van der Waals surface area contributed by atoms with Crippen LogP contribution in [0.15, 0.2) is 23.2 Å². The Balaban J connectivity index is 0.00000364. The first-order valence-electron chi connectivity index (χ1n) is 8.64. The maximum Gasteiger partial charge on any atom is 0.231 e. The van der Waals surface area contributed by atoms with Crippen LogP contribution in [0.5, 0.6) is 11.5 Å². The van der Waals surface area contributed by atoms with E-state index in [-0.39, 0.29) is 43.1 Å². The van der Waals surface area contributed by atoms with E-state index in [1.54, 1.807) is 0 Å². The Kier molecular flexibility index (Phi) is 10.8. The van der Waals surface area contributed by atoms with Gasteiger partial charge in [0, 0.05) is 19.3 Å². The van der Waals surface area contributed by atoms with Crippen LogP contribution in [0.4, 0.5) is 0 Å². The molecule has 1 aromatic carbocycles. The van der Waals surface area contributed by atoms with E-state index in [2.05, 4.69) is 15.6 Å². The molecule has 2 rings (SSSR count). The summed E-state index contributed by atoms with van der Waals surface area (Å²) in [4.78, 5) is 4.41. The first kappa shape index (κ1) is 23.8. The minimum absolute atomic E-state index is 0. The summed E-state index contributed by atoms with van der Waals surface area (Å²) in [5.74, 6) is 2.31. The molecule has 0 saturated heterocycles. The van der Waals surface area contributed by atoms with Gasteiger partial charge in [-0.15, -0.1) is 24.0 Å². The molecule has 0 radical (unpaired) electrons. The van der Waals surface area contributed by atoms with Crippen molar-refractivity contribution in [3.63, 3.8) is 0 Å². The molecule has 0 aromatic heterocycles. The van der Waals surface area contributed by atoms with Crippen molar-refractivity contribution in [3.05, 3.63) is 23.8 Å². The second kappa shape index (κ2) is 12.2. The number of aliphatic imine (C=N–C) groups is 1. The molecule has 10 heteroatoms. The summed E-state index contributed by atoms with van der Waals surface area (Å²) in [7, 11) is -2.98. The molecular formula is C17H28IN3O5S. The highest BCUT2D eigenvalue weighted by Gasteiger charge is 2.12. The Morgan fingerprint density at radius 1 is 1.22 bits per heavy atom. The second-order valence-corrected chi connectivity index (χ2v) is 8.13. The predicted octanol–water partition coefficient (Wildman–Crippen LogP) is 1.19. The number of fused-ring (bicyclic) bond motifs is 1. The van der Waals surface area contributed by atoms with E-state index in [1.807, 2.05) is 25.1 Å². The SMILES string of the molecule is CCNC(=NCCOCCS(C)(=O)=O)NCCc1ccc2c(c1)OCO2.I. The van der Waals surface area contributed by atoms with Crippen molar-refractivity contribution < 1.29 is 22.6 Å². The van der Waals surface area contributed by atoms with Crippen molar-refractivity contribution >= 4 is 39.8 Å². The molecule has 2 N–H and O–H groups in total. The fourth-order valence-electron chi connectivity index (χ4n) is 2.30. The van der Waals surface area contributed by atoms with Crippen molar-refractivity contribution in [2.24, 2.45) is 4.99 Å². The van der Waals surface area contributed by atoms with Crippen LogP contribution < -0.4 is 20.1 Å². The number of ether oxygens (including phenoxy) is 3. The van der Waals surface area contributed by atoms with E-state index in [0.29, 0.717) is 19.1 Å². The summed E-state index contributed by atoms with van der Waals surface area (Å²) < 4.78 is 38.0. The maximum absolute atomic E-state index is 11.0. The van der Waals surface area contributed by atoms with Crippen LogP contribution in [0.2, 0.25) is 0 Å². The fraction of sp³-hybridized carbons (Fsp3) is 0.588. The van der Waals surface area contributed by atoms with Crippen molar-refractivity contribution in [2.45, 2.75) is 13.3 Å². The number of guanidine groups is 1. The van der Waals surface area contributed by atoms with Gasteiger partial charge in [-0.1, -0.05) is 6.07 Å². The molecule has 0 saturated carbocycles. The molecule has 1 aromatic rings. The van der Waals surface area contributed by atoms with Crippen molar-refractivity contribution in [1.29, 1.82) is 0 Å². The van der Waals surface area contributed by atoms with E-state index in [0.717, 1.165) is 36.6 Å². The molecule has 0 spiro atoms. The minimum Gasteiger partial charge on any atom is -0.454 e.